The van der Waals surface area contributed by atoms with Gasteiger partial charge in [0.1, 0.15) is 5.92 Å². The second-order valence-corrected chi connectivity index (χ2v) is 7.41. The summed E-state index contributed by atoms with van der Waals surface area (Å²) in [7, 11) is 0. The minimum atomic E-state index is -0.424. The van der Waals surface area contributed by atoms with Crippen molar-refractivity contribution >= 4 is 23.2 Å². The van der Waals surface area contributed by atoms with Gasteiger partial charge in [-0.2, -0.15) is 0 Å². The maximum Gasteiger partial charge on any atom is 0.234 e. The van der Waals surface area contributed by atoms with Crippen molar-refractivity contribution < 1.29 is 9.53 Å². The van der Waals surface area contributed by atoms with Crippen LogP contribution in [-0.4, -0.2) is 42.2 Å². The fraction of sp³-hybridized carbons (Fsp3) is 0.273. The number of nitrogens with zero attached hydrogens (tertiary/aromatic N) is 1. The summed E-state index contributed by atoms with van der Waals surface area (Å²) in [5.74, 6) is -0.375. The smallest absolute Gasteiger partial charge is 0.234 e. The van der Waals surface area contributed by atoms with Crippen molar-refractivity contribution in [2.24, 2.45) is 5.92 Å². The Bertz CT molecular complexity index is 876. The highest BCUT2D eigenvalue weighted by molar-refractivity contribution is 7.80. The lowest BCUT2D eigenvalue weighted by Crippen LogP contribution is -2.55. The van der Waals surface area contributed by atoms with Crippen LogP contribution in [0.3, 0.4) is 0 Å². The van der Waals surface area contributed by atoms with Crippen LogP contribution in [0.2, 0.25) is 0 Å². The van der Waals surface area contributed by atoms with Gasteiger partial charge in [-0.15, -0.1) is 0 Å². The number of carbonyl (C=O) groups excluding carboxylic acids is 1. The molecule has 2 aromatic carbocycles. The van der Waals surface area contributed by atoms with E-state index in [1.807, 2.05) is 23.1 Å². The van der Waals surface area contributed by atoms with Gasteiger partial charge in [-0.1, -0.05) is 61.2 Å². The van der Waals surface area contributed by atoms with E-state index in [9.17, 15) is 4.79 Å². The van der Waals surface area contributed by atoms with Gasteiger partial charge < -0.3 is 20.3 Å². The summed E-state index contributed by atoms with van der Waals surface area (Å²) in [6.07, 6.45) is 0. The molecule has 0 spiro atoms. The highest BCUT2D eigenvalue weighted by atomic mass is 32.1. The molecule has 6 heteroatoms. The summed E-state index contributed by atoms with van der Waals surface area (Å²) in [5.41, 5.74) is 3.94. The van der Waals surface area contributed by atoms with Crippen molar-refractivity contribution in [2.75, 3.05) is 26.3 Å². The molecule has 2 aliphatic rings. The van der Waals surface area contributed by atoms with E-state index in [-0.39, 0.29) is 11.9 Å². The summed E-state index contributed by atoms with van der Waals surface area (Å²) in [5, 5.41) is 6.80. The highest BCUT2D eigenvalue weighted by Gasteiger charge is 2.39. The van der Waals surface area contributed by atoms with Crippen LogP contribution < -0.4 is 10.6 Å². The summed E-state index contributed by atoms with van der Waals surface area (Å²) in [4.78, 5) is 15.1. The number of hydrogen-bond donors (Lipinski definition) is 2. The largest absolute Gasteiger partial charge is 0.378 e. The fourth-order valence-corrected chi connectivity index (χ4v) is 4.00. The molecule has 2 saturated heterocycles. The van der Waals surface area contributed by atoms with E-state index in [1.54, 1.807) is 0 Å². The first-order chi connectivity index (χ1) is 13.6. The van der Waals surface area contributed by atoms with E-state index < -0.39 is 5.92 Å². The van der Waals surface area contributed by atoms with Crippen molar-refractivity contribution in [1.82, 2.24) is 15.5 Å². The molecule has 1 amide bonds. The van der Waals surface area contributed by atoms with Gasteiger partial charge in [-0.3, -0.25) is 4.79 Å². The number of hydrogen-bond acceptors (Lipinski definition) is 3. The fourth-order valence-electron chi connectivity index (χ4n) is 3.75. The van der Waals surface area contributed by atoms with Gasteiger partial charge in [0.25, 0.3) is 0 Å². The van der Waals surface area contributed by atoms with Crippen LogP contribution >= 0.6 is 12.2 Å². The Morgan fingerprint density at radius 2 is 1.68 bits per heavy atom. The van der Waals surface area contributed by atoms with Gasteiger partial charge in [0, 0.05) is 18.8 Å². The van der Waals surface area contributed by atoms with Crippen LogP contribution in [0, 0.1) is 5.92 Å². The van der Waals surface area contributed by atoms with E-state index >= 15 is 0 Å². The molecule has 2 heterocycles. The Morgan fingerprint density at radius 3 is 2.36 bits per heavy atom. The SMILES string of the molecule is C=C1NC(=S)N[C@H](c2ccc(-c3ccccc3)cc2)[C@@H]1C(=O)N1CCOCC1. The van der Waals surface area contributed by atoms with Gasteiger partial charge in [0.05, 0.1) is 19.3 Å². The molecule has 0 saturated carbocycles. The standard InChI is InChI=1S/C22H23N3O2S/c1-15-19(21(26)25-11-13-27-14-12-25)20(24-22(28)23-15)18-9-7-17(8-10-18)16-5-3-2-4-6-16/h2-10,19-20H,1,11-14H2,(H2,23,24,28)/t19-,20-/m1/s1. The first-order valence-corrected chi connectivity index (χ1v) is 9.82. The highest BCUT2D eigenvalue weighted by Crippen LogP contribution is 2.32. The van der Waals surface area contributed by atoms with Gasteiger partial charge in [0.15, 0.2) is 5.11 Å². The van der Waals surface area contributed by atoms with Crippen LogP contribution in [0.15, 0.2) is 66.9 Å². The predicted molar refractivity (Wildman–Crippen MR) is 114 cm³/mol. The predicted octanol–water partition coefficient (Wildman–Crippen LogP) is 2.86. The molecule has 0 aliphatic carbocycles. The maximum absolute atomic E-state index is 13.2. The molecule has 28 heavy (non-hydrogen) atoms. The number of ether oxygens (including phenoxy) is 1. The first-order valence-electron chi connectivity index (χ1n) is 9.42. The number of amides is 1. The normalized spacial score (nSPS) is 22.4. The minimum absolute atomic E-state index is 0.0490. The number of rotatable bonds is 3. The molecule has 2 aliphatic heterocycles. The third kappa shape index (κ3) is 3.79. The Morgan fingerprint density at radius 1 is 1.04 bits per heavy atom. The van der Waals surface area contributed by atoms with Gasteiger partial charge in [0.2, 0.25) is 5.91 Å². The van der Waals surface area contributed by atoms with Crippen molar-refractivity contribution in [3.63, 3.8) is 0 Å². The van der Waals surface area contributed by atoms with Crippen LogP contribution in [0.1, 0.15) is 11.6 Å². The summed E-state index contributed by atoms with van der Waals surface area (Å²) in [6, 6.07) is 18.2. The molecule has 4 rings (SSSR count). The monoisotopic (exact) mass is 393 g/mol. The molecule has 5 nitrogen and oxygen atoms in total. The zero-order chi connectivity index (χ0) is 19.5. The quantitative estimate of drug-likeness (QED) is 0.786. The molecule has 0 radical (unpaired) electrons. The number of morpholine rings is 1. The average molecular weight is 394 g/mol. The summed E-state index contributed by atoms with van der Waals surface area (Å²) in [6.45, 7) is 6.43. The van der Waals surface area contributed by atoms with Crippen molar-refractivity contribution in [3.8, 4) is 11.1 Å². The van der Waals surface area contributed by atoms with Crippen molar-refractivity contribution in [1.29, 1.82) is 0 Å². The average Bonchev–Trinajstić information content (AvgIpc) is 2.74. The number of nitrogens with one attached hydrogen (secondary N) is 2. The second kappa shape index (κ2) is 8.12. The lowest BCUT2D eigenvalue weighted by atomic mass is 9.87. The van der Waals surface area contributed by atoms with E-state index in [1.165, 1.54) is 0 Å². The Hall–Kier alpha value is -2.70. The molecule has 0 aromatic heterocycles. The zero-order valence-corrected chi connectivity index (χ0v) is 16.4. The molecule has 2 fully saturated rings. The van der Waals surface area contributed by atoms with Crippen LogP contribution in [-0.2, 0) is 9.53 Å². The van der Waals surface area contributed by atoms with Crippen molar-refractivity contribution in [3.05, 3.63) is 72.4 Å². The van der Waals surface area contributed by atoms with Crippen LogP contribution in [0.4, 0.5) is 0 Å². The molecule has 2 atom stereocenters. The van der Waals surface area contributed by atoms with Gasteiger partial charge >= 0.3 is 0 Å². The van der Waals surface area contributed by atoms with E-state index in [2.05, 4.69) is 53.6 Å². The molecule has 144 valence electrons. The number of thiocarbonyl (C=S) groups is 1. The molecule has 2 aromatic rings. The lowest BCUT2D eigenvalue weighted by Gasteiger charge is -2.39. The number of carbonyl (C=O) groups is 1. The minimum Gasteiger partial charge on any atom is -0.378 e. The molecule has 0 bridgehead atoms. The van der Waals surface area contributed by atoms with Crippen LogP contribution in [0.25, 0.3) is 11.1 Å². The molecule has 2 N–H and O–H groups in total. The third-order valence-electron chi connectivity index (χ3n) is 5.24. The lowest BCUT2D eigenvalue weighted by molar-refractivity contribution is -0.139. The zero-order valence-electron chi connectivity index (χ0n) is 15.6. The summed E-state index contributed by atoms with van der Waals surface area (Å²) < 4.78 is 5.38. The molecular weight excluding hydrogens is 370 g/mol. The van der Waals surface area contributed by atoms with Gasteiger partial charge in [-0.25, -0.2) is 0 Å². The molecular formula is C22H23N3O2S. The van der Waals surface area contributed by atoms with E-state index in [4.69, 9.17) is 17.0 Å². The van der Waals surface area contributed by atoms with Crippen LogP contribution in [0.5, 0.6) is 0 Å². The summed E-state index contributed by atoms with van der Waals surface area (Å²) >= 11 is 5.33. The topological polar surface area (TPSA) is 53.6 Å². The van der Waals surface area contributed by atoms with Gasteiger partial charge in [-0.05, 0) is 28.9 Å². The van der Waals surface area contributed by atoms with Crippen molar-refractivity contribution in [2.45, 2.75) is 6.04 Å². The number of benzene rings is 2. The first kappa shape index (κ1) is 18.7. The Balaban J connectivity index is 1.61. The Labute approximate surface area is 170 Å². The van der Waals surface area contributed by atoms with E-state index in [0.717, 1.165) is 16.7 Å². The molecule has 0 unspecified atom stereocenters. The second-order valence-electron chi connectivity index (χ2n) is 7.00. The maximum atomic E-state index is 13.2. The van der Waals surface area contributed by atoms with E-state index in [0.29, 0.717) is 37.1 Å². The Kier molecular flexibility index (Phi) is 5.41. The third-order valence-corrected chi connectivity index (χ3v) is 5.46.